The number of carbonyl (C=O) groups is 1. The second-order valence-electron chi connectivity index (χ2n) is 5.16. The highest BCUT2D eigenvalue weighted by atomic mass is 35.5. The fraction of sp³-hybridized carbons (Fsp3) is 0.278. The van der Waals surface area contributed by atoms with Crippen molar-refractivity contribution in [3.05, 3.63) is 58.1 Å². The van der Waals surface area contributed by atoms with Gasteiger partial charge >= 0.3 is 0 Å². The van der Waals surface area contributed by atoms with Gasteiger partial charge in [0.15, 0.2) is 0 Å². The van der Waals surface area contributed by atoms with Crippen molar-refractivity contribution in [1.29, 1.82) is 0 Å². The first-order valence-electron chi connectivity index (χ1n) is 7.39. The summed E-state index contributed by atoms with van der Waals surface area (Å²) in [5.41, 5.74) is 3.95. The molecule has 0 aliphatic carbocycles. The average molecular weight is 350 g/mol. The summed E-state index contributed by atoms with van der Waals surface area (Å²) in [7, 11) is 0. The van der Waals surface area contributed by atoms with E-state index in [2.05, 4.69) is 24.4 Å². The lowest BCUT2D eigenvalue weighted by atomic mass is 10.1. The highest BCUT2D eigenvalue weighted by Gasteiger charge is 2.09. The summed E-state index contributed by atoms with van der Waals surface area (Å²) in [5, 5.41) is 3.34. The molecule has 0 bridgehead atoms. The maximum atomic E-state index is 11.6. The number of halogens is 1. The number of thioether (sulfide) groups is 1. The van der Waals surface area contributed by atoms with Crippen molar-refractivity contribution in [2.45, 2.75) is 26.9 Å². The molecular formula is C18H20ClNO2S. The van der Waals surface area contributed by atoms with E-state index in [1.54, 1.807) is 18.4 Å². The number of rotatable bonds is 5. The molecule has 0 atom stereocenters. The number of nitrogens with one attached hydrogen (secondary N) is 1. The van der Waals surface area contributed by atoms with Crippen LogP contribution in [0.2, 0.25) is 5.02 Å². The second-order valence-corrected chi connectivity index (χ2v) is 6.38. The van der Waals surface area contributed by atoms with Gasteiger partial charge in [0, 0.05) is 16.3 Å². The van der Waals surface area contributed by atoms with Crippen molar-refractivity contribution >= 4 is 34.3 Å². The van der Waals surface area contributed by atoms with Crippen LogP contribution in [0.5, 0.6) is 5.75 Å². The SMILES string of the molecule is CCc1ccc(OCc2cc(Cl)ccc2NC(=O)SC)c(C)c1. The van der Waals surface area contributed by atoms with Gasteiger partial charge in [-0.2, -0.15) is 0 Å². The Labute approximate surface area is 146 Å². The summed E-state index contributed by atoms with van der Waals surface area (Å²) in [6, 6.07) is 11.5. The van der Waals surface area contributed by atoms with Gasteiger partial charge in [-0.1, -0.05) is 42.4 Å². The third kappa shape index (κ3) is 4.91. The van der Waals surface area contributed by atoms with Crippen LogP contribution in [0.1, 0.15) is 23.6 Å². The Hall–Kier alpha value is -1.65. The number of aryl methyl sites for hydroxylation is 2. The highest BCUT2D eigenvalue weighted by molar-refractivity contribution is 8.13. The van der Waals surface area contributed by atoms with Crippen LogP contribution in [0.3, 0.4) is 0 Å². The number of benzene rings is 2. The van der Waals surface area contributed by atoms with Crippen LogP contribution < -0.4 is 10.1 Å². The zero-order valence-electron chi connectivity index (χ0n) is 13.5. The molecule has 23 heavy (non-hydrogen) atoms. The topological polar surface area (TPSA) is 38.3 Å². The van der Waals surface area contributed by atoms with E-state index in [9.17, 15) is 4.79 Å². The van der Waals surface area contributed by atoms with Crippen molar-refractivity contribution in [3.63, 3.8) is 0 Å². The van der Waals surface area contributed by atoms with Crippen molar-refractivity contribution in [2.24, 2.45) is 0 Å². The lowest BCUT2D eigenvalue weighted by Gasteiger charge is -2.14. The fourth-order valence-corrected chi connectivity index (χ4v) is 2.62. The lowest BCUT2D eigenvalue weighted by Crippen LogP contribution is -2.08. The average Bonchev–Trinajstić information content (AvgIpc) is 2.55. The Balaban J connectivity index is 2.16. The van der Waals surface area contributed by atoms with Crippen LogP contribution in [0.4, 0.5) is 10.5 Å². The van der Waals surface area contributed by atoms with Crippen LogP contribution in [0.15, 0.2) is 36.4 Å². The maximum absolute atomic E-state index is 11.6. The molecule has 2 aromatic carbocycles. The van der Waals surface area contributed by atoms with Gasteiger partial charge < -0.3 is 10.1 Å². The van der Waals surface area contributed by atoms with Crippen LogP contribution in [0, 0.1) is 6.92 Å². The molecule has 0 saturated heterocycles. The van der Waals surface area contributed by atoms with E-state index in [4.69, 9.17) is 16.3 Å². The number of anilines is 1. The largest absolute Gasteiger partial charge is 0.489 e. The highest BCUT2D eigenvalue weighted by Crippen LogP contribution is 2.25. The minimum absolute atomic E-state index is 0.114. The van der Waals surface area contributed by atoms with Gasteiger partial charge in [0.1, 0.15) is 12.4 Å². The zero-order chi connectivity index (χ0) is 16.8. The molecule has 0 aromatic heterocycles. The summed E-state index contributed by atoms with van der Waals surface area (Å²) in [5.74, 6) is 0.837. The minimum atomic E-state index is -0.114. The van der Waals surface area contributed by atoms with Crippen molar-refractivity contribution in [1.82, 2.24) is 0 Å². The summed E-state index contributed by atoms with van der Waals surface area (Å²) < 4.78 is 5.92. The molecule has 1 amide bonds. The van der Waals surface area contributed by atoms with Crippen molar-refractivity contribution < 1.29 is 9.53 Å². The van der Waals surface area contributed by atoms with E-state index in [1.165, 1.54) is 5.56 Å². The monoisotopic (exact) mass is 349 g/mol. The minimum Gasteiger partial charge on any atom is -0.489 e. The predicted molar refractivity (Wildman–Crippen MR) is 98.9 cm³/mol. The Kier molecular flexibility index (Phi) is 6.37. The van der Waals surface area contributed by atoms with E-state index in [0.29, 0.717) is 11.6 Å². The molecule has 0 radical (unpaired) electrons. The molecule has 0 spiro atoms. The standard InChI is InChI=1S/C18H20ClNO2S/c1-4-13-5-8-17(12(2)9-13)22-11-14-10-15(19)6-7-16(14)20-18(21)23-3/h5-10H,4,11H2,1-3H3,(H,20,21). The molecule has 0 fully saturated rings. The lowest BCUT2D eigenvalue weighted by molar-refractivity contribution is 0.269. The Morgan fingerprint density at radius 3 is 2.70 bits per heavy atom. The second kappa shape index (κ2) is 8.27. The van der Waals surface area contributed by atoms with E-state index in [0.717, 1.165) is 40.7 Å². The zero-order valence-corrected chi connectivity index (χ0v) is 15.1. The summed E-state index contributed by atoms with van der Waals surface area (Å²) in [6.07, 6.45) is 2.74. The van der Waals surface area contributed by atoms with Gasteiger partial charge in [0.05, 0.1) is 0 Å². The van der Waals surface area contributed by atoms with E-state index in [1.807, 2.05) is 19.1 Å². The number of ether oxygens (including phenoxy) is 1. The van der Waals surface area contributed by atoms with E-state index in [-0.39, 0.29) is 5.24 Å². The molecule has 3 nitrogen and oxygen atoms in total. The maximum Gasteiger partial charge on any atom is 0.283 e. The normalized spacial score (nSPS) is 10.4. The molecule has 0 saturated carbocycles. The first kappa shape index (κ1) is 17.7. The summed E-state index contributed by atoms with van der Waals surface area (Å²) in [6.45, 7) is 4.50. The van der Waals surface area contributed by atoms with Crippen LogP contribution in [-0.2, 0) is 13.0 Å². The van der Waals surface area contributed by atoms with Crippen molar-refractivity contribution in [3.8, 4) is 5.75 Å². The first-order chi connectivity index (χ1) is 11.0. The smallest absolute Gasteiger partial charge is 0.283 e. The number of hydrogen-bond acceptors (Lipinski definition) is 3. The molecule has 0 heterocycles. The Morgan fingerprint density at radius 2 is 2.04 bits per heavy atom. The predicted octanol–water partition coefficient (Wildman–Crippen LogP) is 5.68. The third-order valence-corrected chi connectivity index (χ3v) is 4.23. The fourth-order valence-electron chi connectivity index (χ4n) is 2.21. The summed E-state index contributed by atoms with van der Waals surface area (Å²) >= 11 is 7.20. The van der Waals surface area contributed by atoms with Gasteiger partial charge in [0.2, 0.25) is 0 Å². The quantitative estimate of drug-likeness (QED) is 0.754. The molecule has 5 heteroatoms. The molecule has 2 rings (SSSR count). The molecule has 0 aliphatic heterocycles. The molecule has 122 valence electrons. The van der Waals surface area contributed by atoms with Gasteiger partial charge in [-0.3, -0.25) is 4.79 Å². The molecule has 0 aliphatic rings. The van der Waals surface area contributed by atoms with E-state index < -0.39 is 0 Å². The molecular weight excluding hydrogens is 330 g/mol. The first-order valence-corrected chi connectivity index (χ1v) is 8.99. The van der Waals surface area contributed by atoms with Gasteiger partial charge in [-0.25, -0.2) is 0 Å². The third-order valence-electron chi connectivity index (χ3n) is 3.52. The Morgan fingerprint density at radius 1 is 1.26 bits per heavy atom. The van der Waals surface area contributed by atoms with Gasteiger partial charge in [-0.15, -0.1) is 0 Å². The molecule has 0 unspecified atom stereocenters. The number of carbonyl (C=O) groups excluding carboxylic acids is 1. The van der Waals surface area contributed by atoms with Gasteiger partial charge in [-0.05, 0) is 55.0 Å². The van der Waals surface area contributed by atoms with E-state index >= 15 is 0 Å². The number of amides is 1. The number of hydrogen-bond donors (Lipinski definition) is 1. The molecule has 1 N–H and O–H groups in total. The summed E-state index contributed by atoms with van der Waals surface area (Å²) in [4.78, 5) is 11.6. The van der Waals surface area contributed by atoms with Crippen LogP contribution in [0.25, 0.3) is 0 Å². The van der Waals surface area contributed by atoms with Crippen LogP contribution >= 0.6 is 23.4 Å². The van der Waals surface area contributed by atoms with Crippen LogP contribution in [-0.4, -0.2) is 11.5 Å². The van der Waals surface area contributed by atoms with Gasteiger partial charge in [0.25, 0.3) is 5.24 Å². The Bertz CT molecular complexity index is 703. The molecule has 2 aromatic rings. The van der Waals surface area contributed by atoms with Crippen molar-refractivity contribution in [2.75, 3.05) is 11.6 Å².